The minimum Gasteiger partial charge on any atom is -0.434 e. The number of ether oxygens (including phenoxy) is 1. The quantitative estimate of drug-likeness (QED) is 0.658. The Hall–Kier alpha value is -2.51. The van der Waals surface area contributed by atoms with Crippen molar-refractivity contribution in [2.75, 3.05) is 0 Å². The van der Waals surface area contributed by atoms with Crippen LogP contribution in [0.4, 0.5) is 8.78 Å². The van der Waals surface area contributed by atoms with E-state index in [1.165, 1.54) is 0 Å². The number of rotatable bonds is 6. The molecular weight excluding hydrogens is 388 g/mol. The standard InChI is InChI=1S/C23H25F2N3O2/c24-22(25)30-21-6-2-1-4-16(21)14-28-17-7-8-18(28)13-23(29,12-17)15-27-11-9-19-20(27)5-3-10-26-19/h1-6,9-11,17-18,22,29H,7-8,12-15H2/t17-,18-/m1/s1. The average molecular weight is 413 g/mol. The molecule has 1 aromatic carbocycles. The van der Waals surface area contributed by atoms with Gasteiger partial charge in [-0.3, -0.25) is 9.88 Å². The number of hydrogen-bond donors (Lipinski definition) is 1. The molecule has 0 radical (unpaired) electrons. The first-order valence-corrected chi connectivity index (χ1v) is 10.4. The lowest BCUT2D eigenvalue weighted by Gasteiger charge is -2.44. The minimum atomic E-state index is -2.83. The molecule has 5 rings (SSSR count). The first-order valence-electron chi connectivity index (χ1n) is 10.4. The van der Waals surface area contributed by atoms with E-state index >= 15 is 0 Å². The number of aliphatic hydroxyl groups is 1. The molecule has 2 aliphatic heterocycles. The third kappa shape index (κ3) is 3.68. The second kappa shape index (κ2) is 7.63. The van der Waals surface area contributed by atoms with Crippen LogP contribution >= 0.6 is 0 Å². The Kier molecular flexibility index (Phi) is 4.95. The van der Waals surface area contributed by atoms with E-state index in [0.29, 0.717) is 25.9 Å². The van der Waals surface area contributed by atoms with Gasteiger partial charge >= 0.3 is 6.61 Å². The van der Waals surface area contributed by atoms with E-state index in [1.54, 1.807) is 18.3 Å². The van der Waals surface area contributed by atoms with E-state index in [1.807, 2.05) is 36.5 Å². The summed E-state index contributed by atoms with van der Waals surface area (Å²) < 4.78 is 32.3. The topological polar surface area (TPSA) is 50.5 Å². The van der Waals surface area contributed by atoms with Crippen LogP contribution in [0.2, 0.25) is 0 Å². The average Bonchev–Trinajstić information content (AvgIpc) is 3.22. The summed E-state index contributed by atoms with van der Waals surface area (Å²) in [6.07, 6.45) is 7.12. The Labute approximate surface area is 173 Å². The lowest BCUT2D eigenvalue weighted by molar-refractivity contribution is -0.0661. The summed E-state index contributed by atoms with van der Waals surface area (Å²) in [5, 5.41) is 11.4. The third-order valence-corrected chi connectivity index (χ3v) is 6.55. The SMILES string of the molecule is OC1(Cn2ccc3ncccc32)C[C@H]2CC[C@H](C1)N2Cc1ccccc1OC(F)F. The summed E-state index contributed by atoms with van der Waals surface area (Å²) in [5.74, 6) is 0.235. The van der Waals surface area contributed by atoms with E-state index < -0.39 is 12.2 Å². The molecule has 2 bridgehead atoms. The van der Waals surface area contributed by atoms with Gasteiger partial charge in [-0.05, 0) is 49.9 Å². The Morgan fingerprint density at radius 3 is 2.63 bits per heavy atom. The van der Waals surface area contributed by atoms with Crippen molar-refractivity contribution in [2.24, 2.45) is 0 Å². The number of pyridine rings is 1. The highest BCUT2D eigenvalue weighted by Gasteiger charge is 2.47. The Morgan fingerprint density at radius 1 is 1.10 bits per heavy atom. The van der Waals surface area contributed by atoms with Crippen LogP contribution in [0, 0.1) is 0 Å². The van der Waals surface area contributed by atoms with Crippen LogP contribution in [0.5, 0.6) is 5.75 Å². The normalized spacial score (nSPS) is 26.5. The molecule has 0 unspecified atom stereocenters. The molecule has 3 aromatic rings. The molecule has 7 heteroatoms. The van der Waals surface area contributed by atoms with E-state index in [4.69, 9.17) is 4.74 Å². The maximum Gasteiger partial charge on any atom is 0.387 e. The van der Waals surface area contributed by atoms with Gasteiger partial charge in [0.05, 0.1) is 23.2 Å². The van der Waals surface area contributed by atoms with Crippen LogP contribution in [-0.2, 0) is 13.1 Å². The highest BCUT2D eigenvalue weighted by Crippen LogP contribution is 2.43. The zero-order valence-electron chi connectivity index (χ0n) is 16.6. The lowest BCUT2D eigenvalue weighted by Crippen LogP contribution is -2.52. The van der Waals surface area contributed by atoms with Crippen LogP contribution in [-0.4, -0.2) is 43.9 Å². The molecule has 0 aliphatic carbocycles. The van der Waals surface area contributed by atoms with E-state index in [2.05, 4.69) is 14.5 Å². The Balaban J connectivity index is 1.33. The fraction of sp³-hybridized carbons (Fsp3) is 0.435. The number of piperidine rings is 1. The number of halogens is 2. The first-order chi connectivity index (χ1) is 14.5. The number of alkyl halides is 2. The second-order valence-electron chi connectivity index (χ2n) is 8.53. The van der Waals surface area contributed by atoms with Crippen molar-refractivity contribution < 1.29 is 18.6 Å². The summed E-state index contributed by atoms with van der Waals surface area (Å²) in [7, 11) is 0. The zero-order chi connectivity index (χ0) is 20.7. The zero-order valence-corrected chi connectivity index (χ0v) is 16.6. The summed E-state index contributed by atoms with van der Waals surface area (Å²) >= 11 is 0. The largest absolute Gasteiger partial charge is 0.434 e. The fourth-order valence-electron chi connectivity index (χ4n) is 5.32. The highest BCUT2D eigenvalue weighted by atomic mass is 19.3. The molecule has 2 saturated heterocycles. The smallest absolute Gasteiger partial charge is 0.387 e. The molecule has 158 valence electrons. The maximum atomic E-state index is 12.8. The minimum absolute atomic E-state index is 0.230. The number of hydrogen-bond acceptors (Lipinski definition) is 4. The van der Waals surface area contributed by atoms with E-state index in [-0.39, 0.29) is 17.8 Å². The van der Waals surface area contributed by atoms with Crippen molar-refractivity contribution in [3.05, 3.63) is 60.4 Å². The number of nitrogens with zero attached hydrogens (tertiary/aromatic N) is 3. The summed E-state index contributed by atoms with van der Waals surface area (Å²) in [5.41, 5.74) is 1.93. The van der Waals surface area contributed by atoms with Crippen molar-refractivity contribution >= 4 is 11.0 Å². The summed E-state index contributed by atoms with van der Waals surface area (Å²) in [4.78, 5) is 6.73. The molecule has 2 aromatic heterocycles. The molecule has 2 aliphatic rings. The van der Waals surface area contributed by atoms with Crippen molar-refractivity contribution in [3.8, 4) is 5.75 Å². The molecule has 1 N–H and O–H groups in total. The van der Waals surface area contributed by atoms with Crippen LogP contribution in [0.15, 0.2) is 54.9 Å². The molecule has 0 spiro atoms. The third-order valence-electron chi connectivity index (χ3n) is 6.55. The molecule has 2 atom stereocenters. The molecule has 0 amide bonds. The second-order valence-corrected chi connectivity index (χ2v) is 8.53. The van der Waals surface area contributed by atoms with Crippen LogP contribution in [0.3, 0.4) is 0 Å². The predicted molar refractivity (Wildman–Crippen MR) is 109 cm³/mol. The summed E-state index contributed by atoms with van der Waals surface area (Å²) in [6.45, 7) is -1.74. The van der Waals surface area contributed by atoms with Crippen molar-refractivity contribution in [1.29, 1.82) is 0 Å². The van der Waals surface area contributed by atoms with Crippen LogP contribution in [0.25, 0.3) is 11.0 Å². The van der Waals surface area contributed by atoms with Crippen LogP contribution in [0.1, 0.15) is 31.2 Å². The van der Waals surface area contributed by atoms with Gasteiger partial charge in [0.15, 0.2) is 0 Å². The molecule has 5 nitrogen and oxygen atoms in total. The number of aromatic nitrogens is 2. The molecule has 4 heterocycles. The van der Waals surface area contributed by atoms with Gasteiger partial charge in [0, 0.05) is 36.6 Å². The first kappa shape index (κ1) is 19.5. The lowest BCUT2D eigenvalue weighted by atomic mass is 9.85. The molecular formula is C23H25F2N3O2. The van der Waals surface area contributed by atoms with Crippen LogP contribution < -0.4 is 4.74 Å². The summed E-state index contributed by atoms with van der Waals surface area (Å²) in [6, 6.07) is 13.4. The number of fused-ring (bicyclic) bond motifs is 3. The van der Waals surface area contributed by atoms with E-state index in [0.717, 1.165) is 29.4 Å². The predicted octanol–water partition coefficient (Wildman–Crippen LogP) is 4.20. The van der Waals surface area contributed by atoms with Gasteiger partial charge in [-0.15, -0.1) is 0 Å². The highest BCUT2D eigenvalue weighted by molar-refractivity contribution is 5.75. The van der Waals surface area contributed by atoms with Gasteiger partial charge in [0.25, 0.3) is 0 Å². The van der Waals surface area contributed by atoms with Gasteiger partial charge in [-0.25, -0.2) is 0 Å². The maximum absolute atomic E-state index is 12.8. The van der Waals surface area contributed by atoms with Gasteiger partial charge in [0.1, 0.15) is 5.75 Å². The van der Waals surface area contributed by atoms with Gasteiger partial charge in [0.2, 0.25) is 0 Å². The van der Waals surface area contributed by atoms with Crippen molar-refractivity contribution in [3.63, 3.8) is 0 Å². The van der Waals surface area contributed by atoms with Gasteiger partial charge < -0.3 is 14.4 Å². The van der Waals surface area contributed by atoms with Crippen molar-refractivity contribution in [1.82, 2.24) is 14.5 Å². The van der Waals surface area contributed by atoms with Gasteiger partial charge in [-0.2, -0.15) is 8.78 Å². The monoisotopic (exact) mass is 413 g/mol. The van der Waals surface area contributed by atoms with Crippen molar-refractivity contribution in [2.45, 2.75) is 63.1 Å². The van der Waals surface area contributed by atoms with E-state index in [9.17, 15) is 13.9 Å². The van der Waals surface area contributed by atoms with Gasteiger partial charge in [-0.1, -0.05) is 18.2 Å². The Bertz CT molecular complexity index is 1020. The molecule has 2 fully saturated rings. The Morgan fingerprint density at radius 2 is 1.87 bits per heavy atom. The fourth-order valence-corrected chi connectivity index (χ4v) is 5.32. The molecule has 0 saturated carbocycles. The number of benzene rings is 1. The molecule has 30 heavy (non-hydrogen) atoms. The number of para-hydroxylation sites is 1.